The average molecular weight is 284 g/mol. The third-order valence-corrected chi connectivity index (χ3v) is 2.98. The predicted octanol–water partition coefficient (Wildman–Crippen LogP) is 2.50. The normalized spacial score (nSPS) is 11.9. The first kappa shape index (κ1) is 15.5. The van der Waals surface area contributed by atoms with Gasteiger partial charge in [-0.3, -0.25) is 9.59 Å². The number of carbonyl (C=O) groups is 2. The molecule has 0 radical (unpaired) electrons. The summed E-state index contributed by atoms with van der Waals surface area (Å²) in [5, 5.41) is 12.0. The van der Waals surface area contributed by atoms with Crippen LogP contribution in [-0.4, -0.2) is 23.5 Å². The summed E-state index contributed by atoms with van der Waals surface area (Å²) in [5.41, 5.74) is 1.05. The lowest BCUT2D eigenvalue weighted by molar-refractivity contribution is -0.138. The van der Waals surface area contributed by atoms with Gasteiger partial charge in [-0.25, -0.2) is 0 Å². The first-order chi connectivity index (χ1) is 8.97. The van der Waals surface area contributed by atoms with E-state index in [9.17, 15) is 9.59 Å². The Morgan fingerprint density at radius 2 is 1.95 bits per heavy atom. The van der Waals surface area contributed by atoms with Crippen LogP contribution in [0.5, 0.6) is 0 Å². The van der Waals surface area contributed by atoms with Crippen molar-refractivity contribution in [3.05, 3.63) is 34.9 Å². The molecule has 1 aromatic carbocycles. The van der Waals surface area contributed by atoms with Gasteiger partial charge in [0.05, 0.1) is 0 Å². The van der Waals surface area contributed by atoms with Gasteiger partial charge >= 0.3 is 5.97 Å². The molecule has 19 heavy (non-hydrogen) atoms. The number of carboxylic acid groups (broad SMARTS) is 1. The van der Waals surface area contributed by atoms with E-state index < -0.39 is 5.97 Å². The van der Waals surface area contributed by atoms with E-state index in [0.717, 1.165) is 5.56 Å². The van der Waals surface area contributed by atoms with Gasteiger partial charge in [0.2, 0.25) is 5.91 Å². The molecule has 0 spiro atoms. The van der Waals surface area contributed by atoms with E-state index in [0.29, 0.717) is 24.4 Å². The molecule has 1 unspecified atom stereocenters. The van der Waals surface area contributed by atoms with E-state index in [2.05, 4.69) is 5.32 Å². The van der Waals surface area contributed by atoms with Crippen LogP contribution in [0.3, 0.4) is 0 Å². The van der Waals surface area contributed by atoms with Crippen molar-refractivity contribution in [3.8, 4) is 0 Å². The number of nitrogens with one attached hydrogen (secondary N) is 1. The second-order valence-corrected chi connectivity index (χ2v) is 5.07. The van der Waals surface area contributed by atoms with Crippen LogP contribution in [0.1, 0.15) is 25.3 Å². The lowest BCUT2D eigenvalue weighted by atomic mass is 10.1. The highest BCUT2D eigenvalue weighted by Crippen LogP contribution is 2.10. The van der Waals surface area contributed by atoms with Crippen LogP contribution in [0.15, 0.2) is 24.3 Å². The fourth-order valence-corrected chi connectivity index (χ4v) is 1.78. The van der Waals surface area contributed by atoms with E-state index in [-0.39, 0.29) is 18.2 Å². The van der Waals surface area contributed by atoms with Crippen LogP contribution in [0.25, 0.3) is 0 Å². The minimum atomic E-state index is -0.845. The van der Waals surface area contributed by atoms with Crippen molar-refractivity contribution in [2.45, 2.75) is 26.2 Å². The third-order valence-electron chi connectivity index (χ3n) is 2.72. The molecule has 1 amide bonds. The number of aliphatic carboxylic acids is 1. The van der Waals surface area contributed by atoms with Gasteiger partial charge in [0.25, 0.3) is 0 Å². The average Bonchev–Trinajstić information content (AvgIpc) is 2.35. The Bertz CT molecular complexity index is 431. The van der Waals surface area contributed by atoms with Crippen LogP contribution in [0, 0.1) is 5.92 Å². The van der Waals surface area contributed by atoms with Crippen molar-refractivity contribution in [2.75, 3.05) is 6.54 Å². The van der Waals surface area contributed by atoms with Gasteiger partial charge in [-0.05, 0) is 30.0 Å². The quantitative estimate of drug-likeness (QED) is 0.808. The number of carbonyl (C=O) groups excluding carboxylic acids is 1. The van der Waals surface area contributed by atoms with Gasteiger partial charge < -0.3 is 10.4 Å². The number of hydrogen-bond acceptors (Lipinski definition) is 2. The molecule has 1 atom stereocenters. The molecule has 0 heterocycles. The van der Waals surface area contributed by atoms with E-state index >= 15 is 0 Å². The molecule has 2 N–H and O–H groups in total. The zero-order chi connectivity index (χ0) is 14.3. The number of carboxylic acids is 1. The summed E-state index contributed by atoms with van der Waals surface area (Å²) in [6.07, 6.45) is 1.11. The fraction of sp³-hybridized carbons (Fsp3) is 0.429. The monoisotopic (exact) mass is 283 g/mol. The van der Waals surface area contributed by atoms with Gasteiger partial charge in [-0.1, -0.05) is 30.7 Å². The lowest BCUT2D eigenvalue weighted by Crippen LogP contribution is -2.29. The minimum absolute atomic E-state index is 0.0584. The zero-order valence-corrected chi connectivity index (χ0v) is 11.6. The molecular formula is C14H18ClNO3. The minimum Gasteiger partial charge on any atom is -0.481 e. The second kappa shape index (κ2) is 7.79. The SMILES string of the molecule is CC(CNC(=O)CCc1ccc(Cl)cc1)CC(=O)O. The molecule has 0 bridgehead atoms. The van der Waals surface area contributed by atoms with Crippen molar-refractivity contribution in [1.82, 2.24) is 5.32 Å². The predicted molar refractivity (Wildman–Crippen MR) is 74.2 cm³/mol. The second-order valence-electron chi connectivity index (χ2n) is 4.63. The molecule has 0 aliphatic heterocycles. The van der Waals surface area contributed by atoms with Crippen molar-refractivity contribution < 1.29 is 14.7 Å². The first-order valence-electron chi connectivity index (χ1n) is 6.20. The maximum Gasteiger partial charge on any atom is 0.303 e. The summed E-state index contributed by atoms with van der Waals surface area (Å²) in [7, 11) is 0. The van der Waals surface area contributed by atoms with Crippen molar-refractivity contribution in [1.29, 1.82) is 0 Å². The van der Waals surface area contributed by atoms with Gasteiger partial charge in [-0.15, -0.1) is 0 Å². The molecule has 0 fully saturated rings. The molecule has 0 aromatic heterocycles. The zero-order valence-electron chi connectivity index (χ0n) is 10.9. The Morgan fingerprint density at radius 1 is 1.32 bits per heavy atom. The molecule has 0 aliphatic rings. The Morgan fingerprint density at radius 3 is 2.53 bits per heavy atom. The summed E-state index contributed by atoms with van der Waals surface area (Å²) in [4.78, 5) is 22.1. The highest BCUT2D eigenvalue weighted by Gasteiger charge is 2.09. The molecular weight excluding hydrogens is 266 g/mol. The summed E-state index contributed by atoms with van der Waals surface area (Å²) < 4.78 is 0. The summed E-state index contributed by atoms with van der Waals surface area (Å²) in [6.45, 7) is 2.19. The Hall–Kier alpha value is -1.55. The van der Waals surface area contributed by atoms with E-state index in [1.54, 1.807) is 19.1 Å². The third kappa shape index (κ3) is 6.82. The highest BCUT2D eigenvalue weighted by atomic mass is 35.5. The number of halogens is 1. The molecule has 0 saturated heterocycles. The molecule has 1 rings (SSSR count). The van der Waals surface area contributed by atoms with E-state index in [1.165, 1.54) is 0 Å². The summed E-state index contributed by atoms with van der Waals surface area (Å²) in [6, 6.07) is 7.37. The van der Waals surface area contributed by atoms with Crippen LogP contribution in [0.4, 0.5) is 0 Å². The molecule has 0 saturated carbocycles. The lowest BCUT2D eigenvalue weighted by Gasteiger charge is -2.10. The maximum atomic E-state index is 11.6. The molecule has 1 aromatic rings. The van der Waals surface area contributed by atoms with Crippen molar-refractivity contribution in [3.63, 3.8) is 0 Å². The van der Waals surface area contributed by atoms with Crippen LogP contribution < -0.4 is 5.32 Å². The number of rotatable bonds is 7. The smallest absolute Gasteiger partial charge is 0.303 e. The number of hydrogen-bond donors (Lipinski definition) is 2. The van der Waals surface area contributed by atoms with Gasteiger partial charge in [0.15, 0.2) is 0 Å². The Kier molecular flexibility index (Phi) is 6.36. The molecule has 104 valence electrons. The van der Waals surface area contributed by atoms with Crippen LogP contribution >= 0.6 is 11.6 Å². The standard InChI is InChI=1S/C14H18ClNO3/c1-10(8-14(18)19)9-16-13(17)7-4-11-2-5-12(15)6-3-11/h2-3,5-6,10H,4,7-9H2,1H3,(H,16,17)(H,18,19). The number of benzene rings is 1. The summed E-state index contributed by atoms with van der Waals surface area (Å²) >= 11 is 5.77. The molecule has 0 aliphatic carbocycles. The van der Waals surface area contributed by atoms with Gasteiger partial charge in [0, 0.05) is 24.4 Å². The first-order valence-corrected chi connectivity index (χ1v) is 6.58. The largest absolute Gasteiger partial charge is 0.481 e. The molecule has 4 nitrogen and oxygen atoms in total. The maximum absolute atomic E-state index is 11.6. The Labute approximate surface area is 117 Å². The topological polar surface area (TPSA) is 66.4 Å². The van der Waals surface area contributed by atoms with E-state index in [1.807, 2.05) is 12.1 Å². The fourth-order valence-electron chi connectivity index (χ4n) is 1.66. The van der Waals surface area contributed by atoms with Crippen LogP contribution in [0.2, 0.25) is 5.02 Å². The number of aryl methyl sites for hydroxylation is 1. The van der Waals surface area contributed by atoms with Gasteiger partial charge in [0.1, 0.15) is 0 Å². The highest BCUT2D eigenvalue weighted by molar-refractivity contribution is 6.30. The van der Waals surface area contributed by atoms with Crippen molar-refractivity contribution in [2.24, 2.45) is 5.92 Å². The van der Waals surface area contributed by atoms with Crippen molar-refractivity contribution >= 4 is 23.5 Å². The summed E-state index contributed by atoms with van der Waals surface area (Å²) in [5.74, 6) is -0.966. The Balaban J connectivity index is 2.24. The van der Waals surface area contributed by atoms with E-state index in [4.69, 9.17) is 16.7 Å². The van der Waals surface area contributed by atoms with Gasteiger partial charge in [-0.2, -0.15) is 0 Å². The van der Waals surface area contributed by atoms with Crippen LogP contribution in [-0.2, 0) is 16.0 Å². The molecule has 5 heteroatoms. The number of amides is 1.